The lowest BCUT2D eigenvalue weighted by molar-refractivity contribution is -0.140. The highest BCUT2D eigenvalue weighted by atomic mass is 16.2. The Kier molecular flexibility index (Phi) is 5.69. The smallest absolute Gasteiger partial charge is 0.233 e. The minimum atomic E-state index is -0.0986. The van der Waals surface area contributed by atoms with Crippen molar-refractivity contribution in [2.45, 2.75) is 32.7 Å². The number of nitrogens with zero attached hydrogens (tertiary/aromatic N) is 2. The fourth-order valence-corrected chi connectivity index (χ4v) is 5.10. The Morgan fingerprint density at radius 1 is 1.07 bits per heavy atom. The molecule has 1 heterocycles. The molecule has 1 saturated carbocycles. The molecular weight excluding hydrogens is 364 g/mol. The summed E-state index contributed by atoms with van der Waals surface area (Å²) in [4.78, 5) is 31.2. The second-order valence-electron chi connectivity index (χ2n) is 8.16. The van der Waals surface area contributed by atoms with Crippen molar-refractivity contribution in [1.29, 1.82) is 0 Å². The van der Waals surface area contributed by atoms with E-state index < -0.39 is 0 Å². The van der Waals surface area contributed by atoms with Crippen molar-refractivity contribution in [2.75, 3.05) is 20.1 Å². The molecule has 0 radical (unpaired) electrons. The molecular formula is C23H30N4O2. The van der Waals surface area contributed by atoms with E-state index in [1.165, 1.54) is 16.0 Å². The molecule has 1 aromatic rings. The first-order valence-corrected chi connectivity index (χ1v) is 10.7. The molecule has 0 aromatic heterocycles. The molecule has 1 saturated heterocycles. The van der Waals surface area contributed by atoms with Crippen LogP contribution in [0, 0.1) is 23.7 Å². The summed E-state index contributed by atoms with van der Waals surface area (Å²) in [6, 6.07) is 8.39. The van der Waals surface area contributed by atoms with Gasteiger partial charge in [-0.3, -0.25) is 19.5 Å². The number of likely N-dealkylation sites (tertiary alicyclic amines) is 1. The lowest BCUT2D eigenvalue weighted by Crippen LogP contribution is -2.39. The molecule has 1 aromatic carbocycles. The summed E-state index contributed by atoms with van der Waals surface area (Å²) >= 11 is 0. The second-order valence-corrected chi connectivity index (χ2v) is 8.16. The summed E-state index contributed by atoms with van der Waals surface area (Å²) in [5.41, 5.74) is 2.59. The van der Waals surface area contributed by atoms with Gasteiger partial charge in [0, 0.05) is 26.7 Å². The van der Waals surface area contributed by atoms with Gasteiger partial charge >= 0.3 is 0 Å². The maximum absolute atomic E-state index is 12.7. The first-order chi connectivity index (χ1) is 14.1. The highest BCUT2D eigenvalue weighted by molar-refractivity contribution is 6.06. The number of guanidine groups is 1. The Balaban J connectivity index is 1.23. The Morgan fingerprint density at radius 2 is 1.72 bits per heavy atom. The van der Waals surface area contributed by atoms with Gasteiger partial charge in [-0.15, -0.1) is 0 Å². The van der Waals surface area contributed by atoms with E-state index in [0.29, 0.717) is 26.1 Å². The van der Waals surface area contributed by atoms with Crippen LogP contribution >= 0.6 is 0 Å². The Morgan fingerprint density at radius 3 is 2.34 bits per heavy atom. The van der Waals surface area contributed by atoms with Crippen molar-refractivity contribution in [3.8, 4) is 0 Å². The van der Waals surface area contributed by atoms with E-state index in [2.05, 4.69) is 52.9 Å². The van der Waals surface area contributed by atoms with Crippen LogP contribution in [-0.2, 0) is 22.6 Å². The molecule has 2 N–H and O–H groups in total. The number of fused-ring (bicyclic) bond motifs is 5. The fraction of sp³-hybridized carbons (Fsp3) is 0.522. The number of allylic oxidation sites excluding steroid dienone is 2. The van der Waals surface area contributed by atoms with E-state index in [-0.39, 0.29) is 35.5 Å². The molecule has 6 heteroatoms. The van der Waals surface area contributed by atoms with Crippen molar-refractivity contribution in [3.05, 3.63) is 47.5 Å². The average molecular weight is 395 g/mol. The number of carbonyl (C=O) groups is 2. The van der Waals surface area contributed by atoms with Crippen LogP contribution < -0.4 is 10.6 Å². The van der Waals surface area contributed by atoms with E-state index in [9.17, 15) is 9.59 Å². The summed E-state index contributed by atoms with van der Waals surface area (Å²) in [5, 5.41) is 6.63. The highest BCUT2D eigenvalue weighted by Crippen LogP contribution is 2.52. The second kappa shape index (κ2) is 8.39. The third-order valence-electron chi connectivity index (χ3n) is 6.58. The number of aryl methyl sites for hydroxylation is 1. The lowest BCUT2D eigenvalue weighted by atomic mass is 9.85. The minimum absolute atomic E-state index is 0.0375. The summed E-state index contributed by atoms with van der Waals surface area (Å²) in [5.74, 6) is 1.16. The number of rotatable bonds is 7. The van der Waals surface area contributed by atoms with Crippen LogP contribution in [0.25, 0.3) is 0 Å². The SMILES string of the molecule is CCc1ccccc1CNC(=NC)NCCCN1C(=O)C2C3C=CC(C3)C2C1=O. The topological polar surface area (TPSA) is 73.8 Å². The summed E-state index contributed by atoms with van der Waals surface area (Å²) < 4.78 is 0. The molecule has 2 fully saturated rings. The molecule has 2 amide bonds. The monoisotopic (exact) mass is 394 g/mol. The van der Waals surface area contributed by atoms with Crippen LogP contribution in [0.2, 0.25) is 0 Å². The van der Waals surface area contributed by atoms with E-state index in [4.69, 9.17) is 0 Å². The van der Waals surface area contributed by atoms with Crippen molar-refractivity contribution in [3.63, 3.8) is 0 Å². The van der Waals surface area contributed by atoms with Gasteiger partial charge in [0.05, 0.1) is 11.8 Å². The fourth-order valence-electron chi connectivity index (χ4n) is 5.10. The molecule has 2 bridgehead atoms. The van der Waals surface area contributed by atoms with Crippen LogP contribution in [0.4, 0.5) is 0 Å². The van der Waals surface area contributed by atoms with Crippen molar-refractivity contribution in [1.82, 2.24) is 15.5 Å². The Labute approximate surface area is 172 Å². The molecule has 0 spiro atoms. The van der Waals surface area contributed by atoms with Gasteiger partial charge in [0.25, 0.3) is 0 Å². The van der Waals surface area contributed by atoms with Gasteiger partial charge in [0.2, 0.25) is 11.8 Å². The molecule has 4 rings (SSSR count). The van der Waals surface area contributed by atoms with Gasteiger partial charge in [0.15, 0.2) is 5.96 Å². The first kappa shape index (κ1) is 19.7. The summed E-state index contributed by atoms with van der Waals surface area (Å²) in [7, 11) is 1.75. The van der Waals surface area contributed by atoms with Gasteiger partial charge in [-0.1, -0.05) is 43.3 Å². The zero-order valence-electron chi connectivity index (χ0n) is 17.2. The number of hydrogen-bond donors (Lipinski definition) is 2. The summed E-state index contributed by atoms with van der Waals surface area (Å²) in [6.07, 6.45) is 6.96. The normalized spacial score (nSPS) is 27.7. The quantitative estimate of drug-likeness (QED) is 0.244. The van der Waals surface area contributed by atoms with Crippen LogP contribution in [0.3, 0.4) is 0 Å². The van der Waals surface area contributed by atoms with Crippen molar-refractivity contribution < 1.29 is 9.59 Å². The summed E-state index contributed by atoms with van der Waals surface area (Å²) in [6.45, 7) is 4.01. The van der Waals surface area contributed by atoms with Crippen LogP contribution in [0.15, 0.2) is 41.4 Å². The average Bonchev–Trinajstić information content (AvgIpc) is 3.42. The van der Waals surface area contributed by atoms with E-state index in [1.807, 2.05) is 6.07 Å². The predicted octanol–water partition coefficient (Wildman–Crippen LogP) is 2.11. The molecule has 3 aliphatic rings. The van der Waals surface area contributed by atoms with Gasteiger partial charge in [0.1, 0.15) is 0 Å². The van der Waals surface area contributed by atoms with Crippen LogP contribution in [-0.4, -0.2) is 42.8 Å². The number of aliphatic imine (C=N–C) groups is 1. The third kappa shape index (κ3) is 3.68. The minimum Gasteiger partial charge on any atom is -0.356 e. The number of hydrogen-bond acceptors (Lipinski definition) is 3. The molecule has 1 aliphatic heterocycles. The third-order valence-corrected chi connectivity index (χ3v) is 6.58. The molecule has 4 atom stereocenters. The van der Waals surface area contributed by atoms with E-state index in [0.717, 1.165) is 18.8 Å². The van der Waals surface area contributed by atoms with Gasteiger partial charge in [-0.05, 0) is 42.2 Å². The van der Waals surface area contributed by atoms with E-state index in [1.54, 1.807) is 7.05 Å². The first-order valence-electron chi connectivity index (χ1n) is 10.7. The predicted molar refractivity (Wildman–Crippen MR) is 113 cm³/mol. The van der Waals surface area contributed by atoms with Gasteiger partial charge in [-0.25, -0.2) is 0 Å². The maximum atomic E-state index is 12.7. The number of nitrogens with one attached hydrogen (secondary N) is 2. The molecule has 4 unspecified atom stereocenters. The number of imide groups is 1. The van der Waals surface area contributed by atoms with Crippen molar-refractivity contribution in [2.24, 2.45) is 28.7 Å². The Bertz CT molecular complexity index is 817. The lowest BCUT2D eigenvalue weighted by Gasteiger charge is -2.18. The Hall–Kier alpha value is -2.63. The van der Waals surface area contributed by atoms with Gasteiger partial charge in [-0.2, -0.15) is 0 Å². The standard InChI is InChI=1S/C23H30N4O2/c1-3-15-7-4-5-8-18(15)14-26-23(24-2)25-11-6-12-27-21(28)19-16-9-10-17(13-16)20(19)22(27)29/h4-5,7-10,16-17,19-20H,3,6,11-14H2,1-2H3,(H2,24,25,26). The number of amides is 2. The van der Waals surface area contributed by atoms with Crippen LogP contribution in [0.5, 0.6) is 0 Å². The maximum Gasteiger partial charge on any atom is 0.233 e. The largest absolute Gasteiger partial charge is 0.356 e. The van der Waals surface area contributed by atoms with E-state index >= 15 is 0 Å². The van der Waals surface area contributed by atoms with Crippen molar-refractivity contribution >= 4 is 17.8 Å². The van der Waals surface area contributed by atoms with Gasteiger partial charge < -0.3 is 10.6 Å². The number of benzene rings is 1. The zero-order chi connectivity index (χ0) is 20.4. The highest BCUT2D eigenvalue weighted by Gasteiger charge is 2.58. The zero-order valence-corrected chi connectivity index (χ0v) is 17.2. The number of carbonyl (C=O) groups excluding carboxylic acids is 2. The molecule has 2 aliphatic carbocycles. The molecule has 29 heavy (non-hydrogen) atoms. The van der Waals surface area contributed by atoms with Crippen LogP contribution in [0.1, 0.15) is 30.9 Å². The molecule has 154 valence electrons. The molecule has 6 nitrogen and oxygen atoms in total.